The summed E-state index contributed by atoms with van der Waals surface area (Å²) in [6.45, 7) is 0. The Morgan fingerprint density at radius 2 is 1.86 bits per heavy atom. The highest BCUT2D eigenvalue weighted by atomic mass is 32.2. The number of rotatable bonds is 1. The number of hydrogen-bond donors (Lipinski definition) is 1. The van der Waals surface area contributed by atoms with Crippen molar-refractivity contribution in [3.05, 3.63) is 0 Å². The van der Waals surface area contributed by atoms with E-state index in [0.717, 1.165) is 0 Å². The van der Waals surface area contributed by atoms with Gasteiger partial charge in [-0.05, 0) is 0 Å². The molecule has 0 radical (unpaired) electrons. The molecular weight excluding hydrogens is 133 g/mol. The lowest BCUT2D eigenvalue weighted by atomic mass is 11.6. The minimum Gasteiger partial charge on any atom is -0.239 e. The Kier molecular flexibility index (Phi) is 2.41. The van der Waals surface area contributed by atoms with Crippen LogP contribution in [0.3, 0.4) is 0 Å². The molecule has 0 aliphatic heterocycles. The Hall–Kier alpha value is 0.0600. The van der Waals surface area contributed by atoms with Crippen LogP contribution in [0, 0.1) is 0 Å². The molecule has 0 saturated heterocycles. The minimum atomic E-state index is -4.51. The van der Waals surface area contributed by atoms with Gasteiger partial charge >= 0.3 is 5.51 Å². The Morgan fingerprint density at radius 3 is 1.86 bits per heavy atom. The fraction of sp³-hybridized carbons (Fsp3) is 1.00. The minimum absolute atomic E-state index is 0.956. The van der Waals surface area contributed by atoms with Crippen molar-refractivity contribution in [1.82, 2.24) is 0 Å². The maximum Gasteiger partial charge on any atom is 0.470 e. The molecule has 0 unspecified atom stereocenters. The lowest BCUT2D eigenvalue weighted by Crippen LogP contribution is -1.98. The van der Waals surface area contributed by atoms with Crippen LogP contribution in [0.2, 0.25) is 0 Å². The van der Waals surface area contributed by atoms with Crippen LogP contribution in [-0.2, 0) is 4.33 Å². The summed E-state index contributed by atoms with van der Waals surface area (Å²) in [5.41, 5.74) is -4.51. The summed E-state index contributed by atoms with van der Waals surface area (Å²) in [6, 6.07) is 0. The lowest BCUT2D eigenvalue weighted by Gasteiger charge is -1.96. The topological polar surface area (TPSA) is 29.5 Å². The molecule has 0 aromatic heterocycles. The molecule has 0 heterocycles. The van der Waals surface area contributed by atoms with E-state index in [1.807, 2.05) is 0 Å². The maximum absolute atomic E-state index is 10.7. The average Bonchev–Trinajstić information content (AvgIpc) is 1.30. The van der Waals surface area contributed by atoms with Gasteiger partial charge in [0.05, 0.1) is 0 Å². The molecule has 0 spiro atoms. The highest BCUT2D eigenvalue weighted by Gasteiger charge is 2.30. The van der Waals surface area contributed by atoms with E-state index >= 15 is 0 Å². The van der Waals surface area contributed by atoms with Crippen molar-refractivity contribution in [1.29, 1.82) is 0 Å². The first-order valence-corrected chi connectivity index (χ1v) is 1.86. The van der Waals surface area contributed by atoms with E-state index in [2.05, 4.69) is 4.33 Å². The molecule has 2 nitrogen and oxygen atoms in total. The van der Waals surface area contributed by atoms with Gasteiger partial charge in [0.15, 0.2) is 0 Å². The lowest BCUT2D eigenvalue weighted by molar-refractivity contribution is -0.136. The van der Waals surface area contributed by atoms with Gasteiger partial charge < -0.3 is 0 Å². The Labute approximate surface area is 41.4 Å². The SMILES string of the molecule is OOSC(F)(F)F. The molecule has 0 aliphatic carbocycles. The molecule has 0 atom stereocenters. The van der Waals surface area contributed by atoms with Crippen LogP contribution in [0.15, 0.2) is 0 Å². The summed E-state index contributed by atoms with van der Waals surface area (Å²) in [4.78, 5) is 0. The highest BCUT2D eigenvalue weighted by Crippen LogP contribution is 2.29. The molecule has 0 aromatic rings. The second-order valence-corrected chi connectivity index (χ2v) is 1.38. The fourth-order valence-corrected chi connectivity index (χ4v) is 0.127. The molecule has 6 heteroatoms. The number of halogens is 3. The van der Waals surface area contributed by atoms with Crippen LogP contribution in [0.5, 0.6) is 0 Å². The summed E-state index contributed by atoms with van der Waals surface area (Å²) in [5.74, 6) is 0. The van der Waals surface area contributed by atoms with Crippen LogP contribution in [-0.4, -0.2) is 10.8 Å². The average molecular weight is 134 g/mol. The second kappa shape index (κ2) is 2.39. The van der Waals surface area contributed by atoms with Gasteiger partial charge in [-0.2, -0.15) is 17.5 Å². The molecule has 0 bridgehead atoms. The van der Waals surface area contributed by atoms with E-state index in [4.69, 9.17) is 5.26 Å². The molecule has 0 aromatic carbocycles. The molecule has 0 rings (SSSR count). The van der Waals surface area contributed by atoms with E-state index in [1.165, 1.54) is 0 Å². The molecule has 0 aliphatic rings. The van der Waals surface area contributed by atoms with Crippen molar-refractivity contribution >= 4 is 12.0 Å². The highest BCUT2D eigenvalue weighted by molar-refractivity contribution is 7.95. The third kappa shape index (κ3) is 6.06. The van der Waals surface area contributed by atoms with Crippen LogP contribution >= 0.6 is 12.0 Å². The van der Waals surface area contributed by atoms with E-state index in [1.54, 1.807) is 0 Å². The smallest absolute Gasteiger partial charge is 0.239 e. The van der Waals surface area contributed by atoms with Crippen LogP contribution in [0.4, 0.5) is 13.2 Å². The molecule has 44 valence electrons. The zero-order chi connectivity index (χ0) is 5.91. The van der Waals surface area contributed by atoms with Crippen LogP contribution in [0.1, 0.15) is 0 Å². The Bertz CT molecular complexity index is 51.4. The summed E-state index contributed by atoms with van der Waals surface area (Å²) in [6.07, 6.45) is 0. The van der Waals surface area contributed by atoms with Crippen molar-refractivity contribution < 1.29 is 22.8 Å². The molecule has 1 N–H and O–H groups in total. The molecule has 0 amide bonds. The third-order valence-corrected chi connectivity index (χ3v) is 0.395. The normalized spacial score (nSPS) is 12.0. The predicted molar refractivity (Wildman–Crippen MR) is 17.4 cm³/mol. The van der Waals surface area contributed by atoms with Gasteiger partial charge in [0, 0.05) is 0 Å². The largest absolute Gasteiger partial charge is 0.470 e. The second-order valence-electron chi connectivity index (χ2n) is 0.604. The van der Waals surface area contributed by atoms with E-state index < -0.39 is 17.6 Å². The Balaban J connectivity index is 3.15. The molecule has 7 heavy (non-hydrogen) atoms. The first kappa shape index (κ1) is 7.06. The zero-order valence-electron chi connectivity index (χ0n) is 2.90. The van der Waals surface area contributed by atoms with Gasteiger partial charge in [-0.15, -0.1) is 0 Å². The van der Waals surface area contributed by atoms with E-state index in [0.29, 0.717) is 0 Å². The monoisotopic (exact) mass is 134 g/mol. The van der Waals surface area contributed by atoms with Crippen molar-refractivity contribution in [2.24, 2.45) is 0 Å². The third-order valence-electron chi connectivity index (χ3n) is 0.132. The fourth-order valence-electron chi connectivity index (χ4n) is 0.0423. The van der Waals surface area contributed by atoms with Gasteiger partial charge in [0.2, 0.25) is 0 Å². The summed E-state index contributed by atoms with van der Waals surface area (Å²) in [7, 11) is 0. The van der Waals surface area contributed by atoms with Gasteiger partial charge in [0.1, 0.15) is 12.0 Å². The van der Waals surface area contributed by atoms with Gasteiger partial charge in [0.25, 0.3) is 0 Å². The van der Waals surface area contributed by atoms with Crippen LogP contribution < -0.4 is 0 Å². The first-order chi connectivity index (χ1) is 3.06. The van der Waals surface area contributed by atoms with Crippen LogP contribution in [0.25, 0.3) is 0 Å². The summed E-state index contributed by atoms with van der Waals surface area (Å²) < 4.78 is 34.9. The molecule has 0 saturated carbocycles. The van der Waals surface area contributed by atoms with Crippen molar-refractivity contribution in [2.75, 3.05) is 0 Å². The maximum atomic E-state index is 10.7. The van der Waals surface area contributed by atoms with Crippen molar-refractivity contribution in [2.45, 2.75) is 5.51 Å². The number of hydrogen-bond acceptors (Lipinski definition) is 3. The van der Waals surface area contributed by atoms with Gasteiger partial charge in [-0.1, -0.05) is 0 Å². The Morgan fingerprint density at radius 1 is 1.43 bits per heavy atom. The van der Waals surface area contributed by atoms with E-state index in [9.17, 15) is 13.2 Å². The van der Waals surface area contributed by atoms with Crippen molar-refractivity contribution in [3.8, 4) is 0 Å². The first-order valence-electron chi connectivity index (χ1n) is 1.12. The number of alkyl halides is 3. The predicted octanol–water partition coefficient (Wildman–Crippen LogP) is 1.64. The molecule has 0 fully saturated rings. The van der Waals surface area contributed by atoms with Gasteiger partial charge in [-0.25, -0.2) is 5.26 Å². The standard InChI is InChI=1S/CHF3O2S/c2-1(3,4)7-6-5/h5H. The van der Waals surface area contributed by atoms with E-state index in [-0.39, 0.29) is 0 Å². The summed E-state index contributed by atoms with van der Waals surface area (Å²) in [5, 5.41) is 7.14. The zero-order valence-corrected chi connectivity index (χ0v) is 3.71. The van der Waals surface area contributed by atoms with Gasteiger partial charge in [-0.3, -0.25) is 0 Å². The molecular formula is CHF3O2S. The van der Waals surface area contributed by atoms with Crippen molar-refractivity contribution in [3.63, 3.8) is 0 Å². The quantitative estimate of drug-likeness (QED) is 0.336. The summed E-state index contributed by atoms with van der Waals surface area (Å²) >= 11 is -0.956.